The molecule has 0 spiro atoms. The van der Waals surface area contributed by atoms with Crippen molar-refractivity contribution in [3.8, 4) is 5.75 Å². The van der Waals surface area contributed by atoms with Crippen molar-refractivity contribution in [2.45, 2.75) is 25.4 Å². The highest BCUT2D eigenvalue weighted by atomic mass is 16.4. The number of carbonyl (C=O) groups is 2. The van der Waals surface area contributed by atoms with Crippen molar-refractivity contribution in [2.75, 3.05) is 6.54 Å². The number of aliphatic carboxylic acids is 1. The first kappa shape index (κ1) is 15.0. The van der Waals surface area contributed by atoms with Crippen LogP contribution in [0.1, 0.15) is 18.9 Å². The van der Waals surface area contributed by atoms with Crippen LogP contribution in [0.3, 0.4) is 0 Å². The zero-order valence-corrected chi connectivity index (χ0v) is 10.6. The van der Waals surface area contributed by atoms with E-state index >= 15 is 0 Å². The molecule has 19 heavy (non-hydrogen) atoms. The number of aromatic hydroxyl groups is 1. The van der Waals surface area contributed by atoms with E-state index in [0.29, 0.717) is 5.56 Å². The molecule has 1 aromatic carbocycles. The van der Waals surface area contributed by atoms with E-state index in [2.05, 4.69) is 5.32 Å². The Labute approximate surface area is 110 Å². The number of para-hydroxylation sites is 1. The van der Waals surface area contributed by atoms with Gasteiger partial charge in [-0.25, -0.2) is 0 Å². The first-order chi connectivity index (χ1) is 8.80. The molecule has 0 saturated carbocycles. The standard InChI is InChI=1S/C13H17NO5/c1-13(19,7-12(17)18)8-14-11(16)6-9-4-2-3-5-10(9)15/h2-5,15,19H,6-8H2,1H3,(H,14,16)(H,17,18). The van der Waals surface area contributed by atoms with Crippen LogP contribution in [0.4, 0.5) is 0 Å². The summed E-state index contributed by atoms with van der Waals surface area (Å²) >= 11 is 0. The fourth-order valence-electron chi connectivity index (χ4n) is 1.57. The summed E-state index contributed by atoms with van der Waals surface area (Å²) in [6, 6.07) is 6.44. The predicted octanol–water partition coefficient (Wildman–Crippen LogP) is 0.277. The second-order valence-electron chi connectivity index (χ2n) is 4.65. The molecular weight excluding hydrogens is 250 g/mol. The van der Waals surface area contributed by atoms with Crippen LogP contribution in [0, 0.1) is 0 Å². The molecule has 0 saturated heterocycles. The topological polar surface area (TPSA) is 107 Å². The maximum absolute atomic E-state index is 11.6. The Bertz CT molecular complexity index is 470. The number of carboxylic acid groups (broad SMARTS) is 1. The molecule has 0 aliphatic heterocycles. The lowest BCUT2D eigenvalue weighted by Gasteiger charge is -2.21. The number of carbonyl (C=O) groups excluding carboxylic acids is 1. The van der Waals surface area contributed by atoms with Crippen molar-refractivity contribution in [3.63, 3.8) is 0 Å². The molecule has 1 aromatic rings. The summed E-state index contributed by atoms with van der Waals surface area (Å²) in [6.45, 7) is 1.17. The number of nitrogens with one attached hydrogen (secondary N) is 1. The first-order valence-electron chi connectivity index (χ1n) is 5.78. The quantitative estimate of drug-likeness (QED) is 0.592. The average molecular weight is 267 g/mol. The van der Waals surface area contributed by atoms with Crippen molar-refractivity contribution in [3.05, 3.63) is 29.8 Å². The molecule has 0 aliphatic rings. The van der Waals surface area contributed by atoms with E-state index in [9.17, 15) is 19.8 Å². The summed E-state index contributed by atoms with van der Waals surface area (Å²) in [4.78, 5) is 22.1. The van der Waals surface area contributed by atoms with Crippen molar-refractivity contribution >= 4 is 11.9 Å². The molecule has 0 fully saturated rings. The molecule has 6 nitrogen and oxygen atoms in total. The van der Waals surface area contributed by atoms with Gasteiger partial charge in [-0.15, -0.1) is 0 Å². The second-order valence-corrected chi connectivity index (χ2v) is 4.65. The van der Waals surface area contributed by atoms with Gasteiger partial charge in [-0.2, -0.15) is 0 Å². The summed E-state index contributed by atoms with van der Waals surface area (Å²) in [7, 11) is 0. The minimum absolute atomic E-state index is 0.0231. The van der Waals surface area contributed by atoms with Crippen LogP contribution in [0.2, 0.25) is 0 Å². The lowest BCUT2D eigenvalue weighted by atomic mass is 10.0. The maximum Gasteiger partial charge on any atom is 0.306 e. The number of carboxylic acids is 1. The zero-order valence-electron chi connectivity index (χ0n) is 10.6. The van der Waals surface area contributed by atoms with Crippen molar-refractivity contribution in [2.24, 2.45) is 0 Å². The third kappa shape index (κ3) is 5.39. The second kappa shape index (κ2) is 6.19. The molecule has 0 radical (unpaired) electrons. The Balaban J connectivity index is 2.49. The third-order valence-electron chi connectivity index (χ3n) is 2.54. The van der Waals surface area contributed by atoms with E-state index in [1.54, 1.807) is 18.2 Å². The lowest BCUT2D eigenvalue weighted by Crippen LogP contribution is -2.42. The molecule has 1 unspecified atom stereocenters. The molecule has 0 aromatic heterocycles. The Morgan fingerprint density at radius 3 is 2.53 bits per heavy atom. The van der Waals surface area contributed by atoms with Gasteiger partial charge in [-0.1, -0.05) is 18.2 Å². The first-order valence-corrected chi connectivity index (χ1v) is 5.78. The third-order valence-corrected chi connectivity index (χ3v) is 2.54. The molecule has 1 atom stereocenters. The Morgan fingerprint density at radius 1 is 1.32 bits per heavy atom. The number of phenolic OH excluding ortho intramolecular Hbond substituents is 1. The molecule has 0 aliphatic carbocycles. The summed E-state index contributed by atoms with van der Waals surface area (Å²) in [6.07, 6.45) is -0.486. The lowest BCUT2D eigenvalue weighted by molar-refractivity contribution is -0.142. The van der Waals surface area contributed by atoms with Crippen LogP contribution < -0.4 is 5.32 Å². The number of phenols is 1. The number of aliphatic hydroxyl groups is 1. The summed E-state index contributed by atoms with van der Waals surface area (Å²) in [5.41, 5.74) is -1.03. The monoisotopic (exact) mass is 267 g/mol. The maximum atomic E-state index is 11.6. The number of hydrogen-bond acceptors (Lipinski definition) is 4. The molecule has 0 heterocycles. The van der Waals surface area contributed by atoms with Crippen molar-refractivity contribution in [1.29, 1.82) is 0 Å². The van der Waals surface area contributed by atoms with Gasteiger partial charge in [-0.05, 0) is 13.0 Å². The van der Waals surface area contributed by atoms with Gasteiger partial charge < -0.3 is 20.6 Å². The highest BCUT2D eigenvalue weighted by Crippen LogP contribution is 2.16. The Kier molecular flexibility index (Phi) is 4.88. The smallest absolute Gasteiger partial charge is 0.306 e. The van der Waals surface area contributed by atoms with Crippen molar-refractivity contribution in [1.82, 2.24) is 5.32 Å². The molecule has 6 heteroatoms. The van der Waals surface area contributed by atoms with Crippen LogP contribution in [0.15, 0.2) is 24.3 Å². The van der Waals surface area contributed by atoms with Crippen LogP contribution in [0.5, 0.6) is 5.75 Å². The van der Waals surface area contributed by atoms with Gasteiger partial charge in [0, 0.05) is 12.1 Å². The van der Waals surface area contributed by atoms with Gasteiger partial charge in [-0.3, -0.25) is 9.59 Å². The Morgan fingerprint density at radius 2 is 1.95 bits per heavy atom. The van der Waals surface area contributed by atoms with Crippen LogP contribution in [0.25, 0.3) is 0 Å². The van der Waals surface area contributed by atoms with Crippen LogP contribution in [-0.4, -0.2) is 39.3 Å². The van der Waals surface area contributed by atoms with Gasteiger partial charge in [0.25, 0.3) is 0 Å². The largest absolute Gasteiger partial charge is 0.508 e. The normalized spacial score (nSPS) is 13.6. The van der Waals surface area contributed by atoms with Gasteiger partial charge >= 0.3 is 5.97 Å². The van der Waals surface area contributed by atoms with E-state index in [4.69, 9.17) is 5.11 Å². The molecular formula is C13H17NO5. The van der Waals surface area contributed by atoms with E-state index < -0.39 is 23.9 Å². The predicted molar refractivity (Wildman–Crippen MR) is 67.7 cm³/mol. The fourth-order valence-corrected chi connectivity index (χ4v) is 1.57. The molecule has 4 N–H and O–H groups in total. The number of rotatable bonds is 6. The SMILES string of the molecule is CC(O)(CNC(=O)Cc1ccccc1O)CC(=O)O. The summed E-state index contributed by atoms with van der Waals surface area (Å²) < 4.78 is 0. The van der Waals surface area contributed by atoms with E-state index in [-0.39, 0.29) is 18.7 Å². The van der Waals surface area contributed by atoms with Crippen molar-refractivity contribution < 1.29 is 24.9 Å². The molecule has 0 bridgehead atoms. The average Bonchev–Trinajstić information content (AvgIpc) is 2.28. The minimum atomic E-state index is -1.50. The molecule has 104 valence electrons. The summed E-state index contributed by atoms with van der Waals surface area (Å²) in [5, 5.41) is 30.2. The van der Waals surface area contributed by atoms with Crippen LogP contribution >= 0.6 is 0 Å². The highest BCUT2D eigenvalue weighted by Gasteiger charge is 2.24. The zero-order chi connectivity index (χ0) is 14.5. The van der Waals surface area contributed by atoms with E-state index in [0.717, 1.165) is 0 Å². The van der Waals surface area contributed by atoms with Gasteiger partial charge in [0.2, 0.25) is 5.91 Å². The van der Waals surface area contributed by atoms with Crippen LogP contribution in [-0.2, 0) is 16.0 Å². The molecule has 1 amide bonds. The van der Waals surface area contributed by atoms with Gasteiger partial charge in [0.15, 0.2) is 0 Å². The number of hydrogen-bond donors (Lipinski definition) is 4. The number of benzene rings is 1. The van der Waals surface area contributed by atoms with E-state index in [1.807, 2.05) is 0 Å². The minimum Gasteiger partial charge on any atom is -0.508 e. The molecule has 1 rings (SSSR count). The number of amides is 1. The Hall–Kier alpha value is -2.08. The van der Waals surface area contributed by atoms with Gasteiger partial charge in [0.05, 0.1) is 18.4 Å². The van der Waals surface area contributed by atoms with Gasteiger partial charge in [0.1, 0.15) is 5.75 Å². The summed E-state index contributed by atoms with van der Waals surface area (Å²) in [5.74, 6) is -1.51. The van der Waals surface area contributed by atoms with E-state index in [1.165, 1.54) is 13.0 Å². The fraction of sp³-hybridized carbons (Fsp3) is 0.385. The highest BCUT2D eigenvalue weighted by molar-refractivity contribution is 5.79.